The van der Waals surface area contributed by atoms with Crippen molar-refractivity contribution in [2.75, 3.05) is 18.6 Å². The van der Waals surface area contributed by atoms with Crippen LogP contribution in [0.1, 0.15) is 40.3 Å². The number of aliphatic carboxylic acids is 1. The maximum Gasteiger partial charge on any atom is 0.323 e. The highest BCUT2D eigenvalue weighted by atomic mass is 32.2. The number of carboxylic acid groups (broad SMARTS) is 1. The van der Waals surface area contributed by atoms with Crippen LogP contribution >= 0.6 is 11.8 Å². The number of anilines is 1. The van der Waals surface area contributed by atoms with Gasteiger partial charge in [-0.1, -0.05) is 49.9 Å². The zero-order chi connectivity index (χ0) is 26.1. The molecule has 1 aliphatic rings. The zero-order valence-electron chi connectivity index (χ0n) is 21.9. The quantitative estimate of drug-likeness (QED) is 0.279. The number of hydrogen-bond acceptors (Lipinski definition) is 4. The molecule has 1 aromatic heterocycles. The molecule has 1 N–H and O–H groups in total. The van der Waals surface area contributed by atoms with Crippen molar-refractivity contribution in [1.29, 1.82) is 0 Å². The molecule has 0 spiro atoms. The summed E-state index contributed by atoms with van der Waals surface area (Å²) in [5, 5.41) is 11.7. The SMILES string of the molecule is CC[n+]1c(C(C)(C)C=CC(C)(C)/C=C2\Sc3cc(OC)ccc3N2CC(=O)O)ccc2ccccc21. The van der Waals surface area contributed by atoms with E-state index in [1.54, 1.807) is 18.9 Å². The predicted octanol–water partition coefficient (Wildman–Crippen LogP) is 6.55. The molecule has 2 heterocycles. The summed E-state index contributed by atoms with van der Waals surface area (Å²) in [6.07, 6.45) is 6.67. The zero-order valence-corrected chi connectivity index (χ0v) is 22.7. The minimum Gasteiger partial charge on any atom is -0.497 e. The van der Waals surface area contributed by atoms with E-state index in [4.69, 9.17) is 4.74 Å². The smallest absolute Gasteiger partial charge is 0.323 e. The maximum atomic E-state index is 11.6. The molecule has 0 atom stereocenters. The first-order valence-corrected chi connectivity index (χ1v) is 13.1. The number of fused-ring (bicyclic) bond motifs is 2. The summed E-state index contributed by atoms with van der Waals surface area (Å²) in [6, 6.07) is 18.7. The third kappa shape index (κ3) is 5.29. The fraction of sp³-hybridized carbons (Fsp3) is 0.333. The summed E-state index contributed by atoms with van der Waals surface area (Å²) in [4.78, 5) is 14.5. The van der Waals surface area contributed by atoms with Crippen LogP contribution < -0.4 is 14.2 Å². The van der Waals surface area contributed by atoms with Gasteiger partial charge in [0.2, 0.25) is 5.52 Å². The van der Waals surface area contributed by atoms with Crippen LogP contribution in [-0.4, -0.2) is 24.7 Å². The second-order valence-electron chi connectivity index (χ2n) is 10.3. The summed E-state index contributed by atoms with van der Waals surface area (Å²) in [5.41, 5.74) is 2.90. The Hall–Kier alpha value is -3.25. The van der Waals surface area contributed by atoms with E-state index < -0.39 is 5.97 Å². The Morgan fingerprint density at radius 1 is 1.08 bits per heavy atom. The van der Waals surface area contributed by atoms with Gasteiger partial charge in [0.1, 0.15) is 18.8 Å². The van der Waals surface area contributed by atoms with Crippen molar-refractivity contribution < 1.29 is 19.2 Å². The highest BCUT2D eigenvalue weighted by molar-refractivity contribution is 8.03. The number of methoxy groups -OCH3 is 1. The van der Waals surface area contributed by atoms with Gasteiger partial charge >= 0.3 is 5.97 Å². The molecule has 0 radical (unpaired) electrons. The lowest BCUT2D eigenvalue weighted by Gasteiger charge is -2.24. The number of rotatable bonds is 8. The average Bonchev–Trinajstić information content (AvgIpc) is 3.16. The standard InChI is InChI=1S/C30H34N2O3S/c1-7-31-23-11-9-8-10-21(23)12-15-26(31)30(4,5)17-16-29(2,3)19-27-32(20-28(33)34)24-14-13-22(35-6)18-25(24)36-27/h8-19H,7,20H2,1-6H3/p+1/b17-16?,27-19-. The molecule has 0 saturated heterocycles. The minimum absolute atomic E-state index is 0.0863. The van der Waals surface area contributed by atoms with Gasteiger partial charge in [0.15, 0.2) is 5.69 Å². The average molecular weight is 504 g/mol. The molecule has 0 saturated carbocycles. The summed E-state index contributed by atoms with van der Waals surface area (Å²) in [7, 11) is 1.64. The second-order valence-corrected chi connectivity index (χ2v) is 11.4. The molecule has 2 aromatic carbocycles. The van der Waals surface area contributed by atoms with Crippen molar-refractivity contribution >= 4 is 34.3 Å². The lowest BCUT2D eigenvalue weighted by molar-refractivity contribution is -0.678. The predicted molar refractivity (Wildman–Crippen MR) is 148 cm³/mol. The normalized spacial score (nSPS) is 15.2. The molecule has 188 valence electrons. The number of benzene rings is 2. The van der Waals surface area contributed by atoms with E-state index in [0.29, 0.717) is 0 Å². The fourth-order valence-corrected chi connectivity index (χ4v) is 5.98. The topological polar surface area (TPSA) is 53.7 Å². The van der Waals surface area contributed by atoms with Crippen molar-refractivity contribution in [2.24, 2.45) is 5.41 Å². The summed E-state index contributed by atoms with van der Waals surface area (Å²) in [5.74, 6) is -0.0987. The summed E-state index contributed by atoms with van der Waals surface area (Å²) < 4.78 is 7.76. The van der Waals surface area contributed by atoms with E-state index in [-0.39, 0.29) is 17.4 Å². The van der Waals surface area contributed by atoms with Crippen molar-refractivity contribution in [3.05, 3.63) is 83.5 Å². The van der Waals surface area contributed by atoms with Crippen LogP contribution in [0.2, 0.25) is 0 Å². The van der Waals surface area contributed by atoms with Crippen LogP contribution in [0.4, 0.5) is 5.69 Å². The number of hydrogen-bond donors (Lipinski definition) is 1. The molecule has 0 aliphatic carbocycles. The Morgan fingerprint density at radius 3 is 2.53 bits per heavy atom. The second kappa shape index (κ2) is 10.0. The number of para-hydroxylation sites is 1. The Morgan fingerprint density at radius 2 is 1.83 bits per heavy atom. The highest BCUT2D eigenvalue weighted by Crippen LogP contribution is 2.48. The van der Waals surface area contributed by atoms with E-state index >= 15 is 0 Å². The highest BCUT2D eigenvalue weighted by Gasteiger charge is 2.31. The minimum atomic E-state index is -0.861. The third-order valence-electron chi connectivity index (χ3n) is 6.57. The molecule has 1 aliphatic heterocycles. The monoisotopic (exact) mass is 503 g/mol. The van der Waals surface area contributed by atoms with Crippen LogP contribution in [0.25, 0.3) is 10.9 Å². The van der Waals surface area contributed by atoms with Crippen LogP contribution in [0, 0.1) is 5.41 Å². The van der Waals surface area contributed by atoms with E-state index in [0.717, 1.165) is 27.9 Å². The number of ether oxygens (including phenoxy) is 1. The lowest BCUT2D eigenvalue weighted by Crippen LogP contribution is -2.43. The molecule has 0 unspecified atom stereocenters. The molecule has 0 fully saturated rings. The Kier molecular flexibility index (Phi) is 7.19. The van der Waals surface area contributed by atoms with Gasteiger partial charge in [-0.15, -0.1) is 0 Å². The Balaban J connectivity index is 1.66. The maximum absolute atomic E-state index is 11.6. The molecule has 36 heavy (non-hydrogen) atoms. The Labute approximate surface area is 218 Å². The summed E-state index contributed by atoms with van der Waals surface area (Å²) in [6.45, 7) is 11.8. The van der Waals surface area contributed by atoms with Gasteiger partial charge in [0, 0.05) is 27.8 Å². The van der Waals surface area contributed by atoms with E-state index in [9.17, 15) is 9.90 Å². The number of allylic oxidation sites excluding steroid dienone is 3. The first-order valence-electron chi connectivity index (χ1n) is 12.2. The first-order chi connectivity index (χ1) is 17.0. The summed E-state index contributed by atoms with van der Waals surface area (Å²) >= 11 is 1.59. The van der Waals surface area contributed by atoms with E-state index in [1.165, 1.54) is 16.6 Å². The van der Waals surface area contributed by atoms with Gasteiger partial charge in [-0.3, -0.25) is 4.79 Å². The van der Waals surface area contributed by atoms with Crippen molar-refractivity contribution in [3.63, 3.8) is 0 Å². The van der Waals surface area contributed by atoms with Gasteiger partial charge in [0.05, 0.1) is 23.2 Å². The lowest BCUT2D eigenvalue weighted by atomic mass is 9.83. The van der Waals surface area contributed by atoms with Crippen molar-refractivity contribution in [2.45, 2.75) is 51.5 Å². The number of pyridine rings is 1. The largest absolute Gasteiger partial charge is 0.497 e. The van der Waals surface area contributed by atoms with Gasteiger partial charge < -0.3 is 14.7 Å². The molecule has 6 heteroatoms. The van der Waals surface area contributed by atoms with Crippen LogP contribution in [0.5, 0.6) is 5.75 Å². The van der Waals surface area contributed by atoms with Gasteiger partial charge in [-0.05, 0) is 57.2 Å². The third-order valence-corrected chi connectivity index (χ3v) is 7.67. The molecule has 0 bridgehead atoms. The molecular formula is C30H35N2O3S+. The van der Waals surface area contributed by atoms with Crippen molar-refractivity contribution in [3.8, 4) is 5.75 Å². The number of carboxylic acids is 1. The number of thioether (sulfide) groups is 1. The van der Waals surface area contributed by atoms with Gasteiger partial charge in [0.25, 0.3) is 0 Å². The van der Waals surface area contributed by atoms with Crippen molar-refractivity contribution in [1.82, 2.24) is 0 Å². The number of aryl methyl sites for hydroxylation is 1. The van der Waals surface area contributed by atoms with Crippen LogP contribution in [0.3, 0.4) is 0 Å². The van der Waals surface area contributed by atoms with Gasteiger partial charge in [-0.2, -0.15) is 4.57 Å². The molecule has 0 amide bonds. The fourth-order valence-electron chi connectivity index (χ4n) is 4.66. The molecule has 3 aromatic rings. The van der Waals surface area contributed by atoms with E-state index in [2.05, 4.69) is 93.8 Å². The van der Waals surface area contributed by atoms with Crippen LogP contribution in [0.15, 0.2) is 82.7 Å². The molecular weight excluding hydrogens is 468 g/mol. The van der Waals surface area contributed by atoms with E-state index in [1.807, 2.05) is 23.1 Å². The molecule has 4 rings (SSSR count). The van der Waals surface area contributed by atoms with Gasteiger partial charge in [-0.25, -0.2) is 0 Å². The van der Waals surface area contributed by atoms with Crippen LogP contribution in [-0.2, 0) is 16.8 Å². The number of aromatic nitrogens is 1. The number of carbonyl (C=O) groups is 1. The Bertz CT molecular complexity index is 1360. The first kappa shape index (κ1) is 25.8. The number of nitrogens with zero attached hydrogens (tertiary/aromatic N) is 2. The molecule has 5 nitrogen and oxygen atoms in total.